The number of rotatable bonds is 6. The number of nitrogens with one attached hydrogen (secondary N) is 1. The van der Waals surface area contributed by atoms with Crippen molar-refractivity contribution in [3.05, 3.63) is 65.5 Å². The van der Waals surface area contributed by atoms with E-state index >= 15 is 0 Å². The van der Waals surface area contributed by atoms with Crippen LogP contribution in [0.5, 0.6) is 0 Å². The summed E-state index contributed by atoms with van der Waals surface area (Å²) in [6.07, 6.45) is -1.22. The van der Waals surface area contributed by atoms with Gasteiger partial charge in [0.2, 0.25) is 10.0 Å². The van der Waals surface area contributed by atoms with Crippen LogP contribution in [0.15, 0.2) is 53.4 Å². The van der Waals surface area contributed by atoms with E-state index in [0.29, 0.717) is 12.0 Å². The van der Waals surface area contributed by atoms with Gasteiger partial charge in [0.25, 0.3) is 0 Å². The Hall–Kier alpha value is -2.49. The SMILES string of the molecule is C[C@@H]1Cc2cc(F)ccc2S(=O)(=O)N(C[C@H](O)[C@@H](Cc2ccccc2)NC(=O)OC(C)(C)C)C1. The highest BCUT2D eigenvalue weighted by Gasteiger charge is 2.36. The van der Waals surface area contributed by atoms with Crippen LogP contribution in [0, 0.1) is 11.7 Å². The van der Waals surface area contributed by atoms with Crippen LogP contribution in [0.25, 0.3) is 0 Å². The molecule has 0 saturated carbocycles. The van der Waals surface area contributed by atoms with E-state index in [2.05, 4.69) is 5.32 Å². The highest BCUT2D eigenvalue weighted by molar-refractivity contribution is 7.89. The quantitative estimate of drug-likeness (QED) is 0.644. The fourth-order valence-corrected chi connectivity index (χ4v) is 5.89. The van der Waals surface area contributed by atoms with E-state index in [-0.39, 0.29) is 30.3 Å². The van der Waals surface area contributed by atoms with Gasteiger partial charge in [0.05, 0.1) is 17.0 Å². The highest BCUT2D eigenvalue weighted by Crippen LogP contribution is 2.29. The average Bonchev–Trinajstić information content (AvgIpc) is 2.80. The van der Waals surface area contributed by atoms with Crippen molar-refractivity contribution in [3.63, 3.8) is 0 Å². The van der Waals surface area contributed by atoms with Gasteiger partial charge >= 0.3 is 6.09 Å². The molecule has 0 unspecified atom stereocenters. The first-order valence-electron chi connectivity index (χ1n) is 11.4. The number of nitrogens with zero attached hydrogens (tertiary/aromatic N) is 1. The summed E-state index contributed by atoms with van der Waals surface area (Å²) in [5.74, 6) is -0.574. The monoisotopic (exact) mass is 492 g/mol. The number of ether oxygens (including phenoxy) is 1. The minimum absolute atomic E-state index is 0.0464. The molecule has 0 radical (unpaired) electrons. The summed E-state index contributed by atoms with van der Waals surface area (Å²) in [4.78, 5) is 12.5. The van der Waals surface area contributed by atoms with Crippen LogP contribution in [-0.4, -0.2) is 54.8 Å². The van der Waals surface area contributed by atoms with Gasteiger partial charge in [-0.1, -0.05) is 37.3 Å². The number of amides is 1. The Balaban J connectivity index is 1.85. The Morgan fingerprint density at radius 3 is 2.56 bits per heavy atom. The predicted molar refractivity (Wildman–Crippen MR) is 127 cm³/mol. The van der Waals surface area contributed by atoms with Crippen molar-refractivity contribution in [1.82, 2.24) is 9.62 Å². The molecule has 0 aliphatic carbocycles. The molecular formula is C25H33FN2O5S. The Labute approximate surface area is 201 Å². The number of sulfonamides is 1. The van der Waals surface area contributed by atoms with E-state index in [1.165, 1.54) is 16.4 Å². The van der Waals surface area contributed by atoms with E-state index in [4.69, 9.17) is 4.74 Å². The molecule has 186 valence electrons. The van der Waals surface area contributed by atoms with E-state index in [1.54, 1.807) is 20.8 Å². The van der Waals surface area contributed by atoms with Crippen molar-refractivity contribution < 1.29 is 27.4 Å². The van der Waals surface area contributed by atoms with Gasteiger partial charge in [-0.2, -0.15) is 4.31 Å². The topological polar surface area (TPSA) is 95.9 Å². The number of hydrogen-bond donors (Lipinski definition) is 2. The number of benzene rings is 2. The smallest absolute Gasteiger partial charge is 0.407 e. The third-order valence-electron chi connectivity index (χ3n) is 5.58. The number of hydrogen-bond acceptors (Lipinski definition) is 5. The van der Waals surface area contributed by atoms with Crippen LogP contribution in [0.4, 0.5) is 9.18 Å². The first-order valence-corrected chi connectivity index (χ1v) is 12.8. The maximum Gasteiger partial charge on any atom is 0.407 e. The number of alkyl carbamates (subject to hydrolysis) is 1. The third kappa shape index (κ3) is 6.77. The van der Waals surface area contributed by atoms with Crippen LogP contribution in [0.2, 0.25) is 0 Å². The molecule has 3 atom stereocenters. The first-order chi connectivity index (χ1) is 15.8. The van der Waals surface area contributed by atoms with Crippen molar-refractivity contribution in [1.29, 1.82) is 0 Å². The number of carbonyl (C=O) groups is 1. The number of β-amino-alcohol motifs (C(OH)–C–C–N with tert-alkyl or cyclic N) is 1. The molecule has 2 aromatic carbocycles. The lowest BCUT2D eigenvalue weighted by molar-refractivity contribution is 0.0400. The summed E-state index contributed by atoms with van der Waals surface area (Å²) in [6, 6.07) is 12.2. The van der Waals surface area contributed by atoms with Crippen molar-refractivity contribution in [2.75, 3.05) is 13.1 Å². The van der Waals surface area contributed by atoms with Gasteiger partial charge in [-0.25, -0.2) is 17.6 Å². The Morgan fingerprint density at radius 2 is 1.91 bits per heavy atom. The number of fused-ring (bicyclic) bond motifs is 1. The number of aliphatic hydroxyl groups excluding tert-OH is 1. The van der Waals surface area contributed by atoms with E-state index in [0.717, 1.165) is 11.6 Å². The molecule has 0 spiro atoms. The average molecular weight is 493 g/mol. The fraction of sp³-hybridized carbons (Fsp3) is 0.480. The van der Waals surface area contributed by atoms with Crippen LogP contribution in [0.3, 0.4) is 0 Å². The van der Waals surface area contributed by atoms with E-state index in [1.807, 2.05) is 37.3 Å². The van der Waals surface area contributed by atoms with Crippen LogP contribution in [0.1, 0.15) is 38.8 Å². The second-order valence-electron chi connectivity index (χ2n) is 9.89. The van der Waals surface area contributed by atoms with Gasteiger partial charge in [-0.05, 0) is 68.9 Å². The summed E-state index contributed by atoms with van der Waals surface area (Å²) >= 11 is 0. The van der Waals surface area contributed by atoms with Crippen LogP contribution >= 0.6 is 0 Å². The zero-order chi connectivity index (χ0) is 25.1. The van der Waals surface area contributed by atoms with Gasteiger partial charge in [0.1, 0.15) is 11.4 Å². The Morgan fingerprint density at radius 1 is 1.24 bits per heavy atom. The van der Waals surface area contributed by atoms with E-state index in [9.17, 15) is 22.7 Å². The molecule has 0 bridgehead atoms. The van der Waals surface area contributed by atoms with Crippen molar-refractivity contribution in [2.24, 2.45) is 5.92 Å². The molecule has 3 rings (SSSR count). The van der Waals surface area contributed by atoms with Crippen molar-refractivity contribution in [3.8, 4) is 0 Å². The highest BCUT2D eigenvalue weighted by atomic mass is 32.2. The number of carbonyl (C=O) groups excluding carboxylic acids is 1. The van der Waals surface area contributed by atoms with Crippen molar-refractivity contribution in [2.45, 2.75) is 63.2 Å². The minimum Gasteiger partial charge on any atom is -0.444 e. The molecule has 2 aromatic rings. The lowest BCUT2D eigenvalue weighted by atomic mass is 9.99. The maximum absolute atomic E-state index is 13.8. The summed E-state index contributed by atoms with van der Waals surface area (Å²) in [7, 11) is -3.96. The molecule has 9 heteroatoms. The Bertz CT molecular complexity index is 1100. The van der Waals surface area contributed by atoms with Gasteiger partial charge in [0.15, 0.2) is 0 Å². The van der Waals surface area contributed by atoms with Gasteiger partial charge in [-0.3, -0.25) is 0 Å². The molecule has 0 fully saturated rings. The summed E-state index contributed by atoms with van der Waals surface area (Å²) < 4.78 is 47.1. The molecule has 1 aliphatic heterocycles. The largest absolute Gasteiger partial charge is 0.444 e. The summed E-state index contributed by atoms with van der Waals surface area (Å²) in [5.41, 5.74) is 0.572. The predicted octanol–water partition coefficient (Wildman–Crippen LogP) is 3.51. The third-order valence-corrected chi connectivity index (χ3v) is 7.51. The standard InChI is InChI=1S/C25H33FN2O5S/c1-17-12-19-14-20(26)10-11-23(19)34(31,32)28(15-17)16-22(29)21(13-18-8-6-5-7-9-18)27-24(30)33-25(2,3)4/h5-11,14,17,21-22,29H,12-13,15-16H2,1-4H3,(H,27,30)/t17-,21-,22+/m1/s1. The van der Waals surface area contributed by atoms with Gasteiger partial charge in [0, 0.05) is 13.1 Å². The van der Waals surface area contributed by atoms with E-state index < -0.39 is 39.7 Å². The minimum atomic E-state index is -3.96. The fourth-order valence-electron chi connectivity index (χ4n) is 4.10. The number of aliphatic hydroxyl groups is 1. The second kappa shape index (κ2) is 10.4. The summed E-state index contributed by atoms with van der Waals surface area (Å²) in [6.45, 7) is 7.04. The normalized spacial score (nSPS) is 20.0. The zero-order valence-electron chi connectivity index (χ0n) is 20.0. The Kier molecular flexibility index (Phi) is 8.00. The molecule has 1 aliphatic rings. The van der Waals surface area contributed by atoms with Crippen LogP contribution < -0.4 is 5.32 Å². The molecule has 1 amide bonds. The molecule has 1 heterocycles. The lowest BCUT2D eigenvalue weighted by Crippen LogP contribution is -2.51. The maximum atomic E-state index is 13.8. The molecule has 34 heavy (non-hydrogen) atoms. The zero-order valence-corrected chi connectivity index (χ0v) is 20.8. The molecule has 2 N–H and O–H groups in total. The molecule has 0 saturated heterocycles. The first kappa shape index (κ1) is 26.1. The molecular weight excluding hydrogens is 459 g/mol. The van der Waals surface area contributed by atoms with Gasteiger partial charge in [-0.15, -0.1) is 0 Å². The lowest BCUT2D eigenvalue weighted by Gasteiger charge is -2.30. The van der Waals surface area contributed by atoms with Crippen molar-refractivity contribution >= 4 is 16.1 Å². The van der Waals surface area contributed by atoms with Gasteiger partial charge < -0.3 is 15.2 Å². The van der Waals surface area contributed by atoms with Crippen LogP contribution in [-0.2, 0) is 27.6 Å². The molecule has 7 nitrogen and oxygen atoms in total. The number of halogens is 1. The summed E-state index contributed by atoms with van der Waals surface area (Å²) in [5, 5.41) is 13.8. The molecule has 0 aromatic heterocycles. The second-order valence-corrected chi connectivity index (χ2v) is 11.8.